The summed E-state index contributed by atoms with van der Waals surface area (Å²) in [5.74, 6) is 1.70. The Labute approximate surface area is 182 Å². The van der Waals surface area contributed by atoms with Crippen molar-refractivity contribution in [3.05, 3.63) is 95.1 Å². The summed E-state index contributed by atoms with van der Waals surface area (Å²) in [7, 11) is 0. The van der Waals surface area contributed by atoms with E-state index in [1.54, 1.807) is 11.8 Å². The van der Waals surface area contributed by atoms with E-state index in [0.717, 1.165) is 29.1 Å². The van der Waals surface area contributed by atoms with E-state index in [2.05, 4.69) is 56.4 Å². The van der Waals surface area contributed by atoms with Crippen molar-refractivity contribution < 1.29 is 9.53 Å². The zero-order valence-electron chi connectivity index (χ0n) is 17.6. The number of nitrogens with one attached hydrogen (secondary N) is 1. The monoisotopic (exact) mass is 417 g/mol. The number of amides is 1. The van der Waals surface area contributed by atoms with Crippen LogP contribution in [-0.2, 0) is 5.75 Å². The second kappa shape index (κ2) is 8.57. The minimum absolute atomic E-state index is 0.0495. The number of hydrogen-bond acceptors (Lipinski definition) is 3. The molecular formula is C26H27NO2S. The number of carbonyl (C=O) groups excluding carboxylic acids is 1. The van der Waals surface area contributed by atoms with Gasteiger partial charge in [-0.15, -0.1) is 11.8 Å². The number of ether oxygens (including phenoxy) is 1. The fraction of sp³-hybridized carbons (Fsp3) is 0.269. The molecule has 0 saturated carbocycles. The maximum atomic E-state index is 12.9. The van der Waals surface area contributed by atoms with Gasteiger partial charge in [0.1, 0.15) is 11.4 Å². The standard InChI is InChI=1S/C26H27NO2S/c1-18-9-14-22-23(16-26(2,3)29-24(22)15-18)27-25(28)20-12-10-19(11-13-20)17-30-21-7-5-4-6-8-21/h4-15,23H,16-17H2,1-3H3,(H,27,28)/t23-/m1/s1. The highest BCUT2D eigenvalue weighted by molar-refractivity contribution is 7.98. The number of thioether (sulfide) groups is 1. The van der Waals surface area contributed by atoms with Gasteiger partial charge in [-0.1, -0.05) is 42.5 Å². The van der Waals surface area contributed by atoms with Crippen molar-refractivity contribution in [3.63, 3.8) is 0 Å². The molecule has 4 heteroatoms. The van der Waals surface area contributed by atoms with Crippen LogP contribution in [0.1, 0.15) is 53.4 Å². The van der Waals surface area contributed by atoms with Gasteiger partial charge in [-0.2, -0.15) is 0 Å². The van der Waals surface area contributed by atoms with Gasteiger partial charge in [-0.05, 0) is 62.2 Å². The molecule has 1 atom stereocenters. The van der Waals surface area contributed by atoms with Gasteiger partial charge in [-0.25, -0.2) is 0 Å². The van der Waals surface area contributed by atoms with Crippen LogP contribution in [0.5, 0.6) is 5.75 Å². The molecule has 0 bridgehead atoms. The zero-order chi connectivity index (χ0) is 21.1. The van der Waals surface area contributed by atoms with Crippen molar-refractivity contribution in [2.75, 3.05) is 0 Å². The molecule has 0 radical (unpaired) electrons. The van der Waals surface area contributed by atoms with E-state index in [1.165, 1.54) is 10.5 Å². The lowest BCUT2D eigenvalue weighted by Crippen LogP contribution is -2.41. The van der Waals surface area contributed by atoms with Gasteiger partial charge >= 0.3 is 0 Å². The predicted octanol–water partition coefficient (Wildman–Crippen LogP) is 6.32. The predicted molar refractivity (Wildman–Crippen MR) is 123 cm³/mol. The number of rotatable bonds is 5. The Morgan fingerprint density at radius 2 is 1.80 bits per heavy atom. The van der Waals surface area contributed by atoms with Gasteiger partial charge in [0, 0.05) is 28.2 Å². The molecule has 0 fully saturated rings. The van der Waals surface area contributed by atoms with E-state index in [-0.39, 0.29) is 17.6 Å². The van der Waals surface area contributed by atoms with Gasteiger partial charge in [0.15, 0.2) is 0 Å². The Hall–Kier alpha value is -2.72. The smallest absolute Gasteiger partial charge is 0.251 e. The van der Waals surface area contributed by atoms with Crippen LogP contribution in [0.4, 0.5) is 0 Å². The van der Waals surface area contributed by atoms with Crippen molar-refractivity contribution in [3.8, 4) is 5.75 Å². The minimum Gasteiger partial charge on any atom is -0.487 e. The van der Waals surface area contributed by atoms with Crippen LogP contribution in [0.2, 0.25) is 0 Å². The first kappa shape index (κ1) is 20.5. The average molecular weight is 418 g/mol. The second-order valence-corrected chi connectivity index (χ2v) is 9.48. The Bertz CT molecular complexity index is 1030. The normalized spacial score (nSPS) is 17.0. The van der Waals surface area contributed by atoms with Crippen LogP contribution in [0.15, 0.2) is 77.7 Å². The maximum Gasteiger partial charge on any atom is 0.251 e. The lowest BCUT2D eigenvalue weighted by atomic mass is 9.89. The van der Waals surface area contributed by atoms with E-state index in [4.69, 9.17) is 4.74 Å². The van der Waals surface area contributed by atoms with E-state index in [1.807, 2.05) is 42.5 Å². The highest BCUT2D eigenvalue weighted by atomic mass is 32.2. The molecule has 0 spiro atoms. The van der Waals surface area contributed by atoms with Crippen molar-refractivity contribution in [2.24, 2.45) is 0 Å². The fourth-order valence-corrected chi connectivity index (χ4v) is 4.64. The Morgan fingerprint density at radius 3 is 2.53 bits per heavy atom. The quantitative estimate of drug-likeness (QED) is 0.494. The Kier molecular flexibility index (Phi) is 5.87. The number of carbonyl (C=O) groups is 1. The molecule has 3 aromatic rings. The summed E-state index contributed by atoms with van der Waals surface area (Å²) in [4.78, 5) is 14.2. The molecule has 154 valence electrons. The second-order valence-electron chi connectivity index (χ2n) is 8.43. The first-order chi connectivity index (χ1) is 14.4. The maximum absolute atomic E-state index is 12.9. The molecule has 4 rings (SSSR count). The summed E-state index contributed by atoms with van der Waals surface area (Å²) >= 11 is 1.79. The molecule has 1 aliphatic heterocycles. The lowest BCUT2D eigenvalue weighted by molar-refractivity contribution is 0.0619. The van der Waals surface area contributed by atoms with E-state index in [9.17, 15) is 4.79 Å². The Balaban J connectivity index is 1.44. The fourth-order valence-electron chi connectivity index (χ4n) is 3.76. The summed E-state index contributed by atoms with van der Waals surface area (Å²) in [6, 6.07) is 24.4. The summed E-state index contributed by atoms with van der Waals surface area (Å²) in [5.41, 5.74) is 3.76. The zero-order valence-corrected chi connectivity index (χ0v) is 18.5. The molecule has 0 aliphatic carbocycles. The first-order valence-corrected chi connectivity index (χ1v) is 11.3. The third kappa shape index (κ3) is 4.88. The molecule has 3 nitrogen and oxygen atoms in total. The van der Waals surface area contributed by atoms with Gasteiger partial charge < -0.3 is 10.1 Å². The Morgan fingerprint density at radius 1 is 1.07 bits per heavy atom. The van der Waals surface area contributed by atoms with Crippen molar-refractivity contribution in [1.29, 1.82) is 0 Å². The van der Waals surface area contributed by atoms with Crippen LogP contribution in [-0.4, -0.2) is 11.5 Å². The minimum atomic E-state index is -0.322. The van der Waals surface area contributed by atoms with E-state index >= 15 is 0 Å². The molecule has 0 unspecified atom stereocenters. The molecule has 3 aromatic carbocycles. The summed E-state index contributed by atoms with van der Waals surface area (Å²) in [5, 5.41) is 3.22. The molecule has 1 N–H and O–H groups in total. The van der Waals surface area contributed by atoms with Gasteiger partial charge in [0.25, 0.3) is 5.91 Å². The van der Waals surface area contributed by atoms with Crippen LogP contribution in [0.3, 0.4) is 0 Å². The van der Waals surface area contributed by atoms with Gasteiger partial charge in [-0.3, -0.25) is 4.79 Å². The van der Waals surface area contributed by atoms with Gasteiger partial charge in [0.2, 0.25) is 0 Å². The number of hydrogen-bond donors (Lipinski definition) is 1. The van der Waals surface area contributed by atoms with Crippen LogP contribution in [0.25, 0.3) is 0 Å². The summed E-state index contributed by atoms with van der Waals surface area (Å²) in [6.45, 7) is 6.18. The van der Waals surface area contributed by atoms with Crippen molar-refractivity contribution in [1.82, 2.24) is 5.32 Å². The molecule has 1 aliphatic rings. The number of aryl methyl sites for hydroxylation is 1. The van der Waals surface area contributed by atoms with Crippen molar-refractivity contribution in [2.45, 2.75) is 49.5 Å². The van der Waals surface area contributed by atoms with Crippen molar-refractivity contribution >= 4 is 17.7 Å². The molecule has 0 saturated heterocycles. The van der Waals surface area contributed by atoms with Crippen LogP contribution >= 0.6 is 11.8 Å². The lowest BCUT2D eigenvalue weighted by Gasteiger charge is -2.38. The molecule has 30 heavy (non-hydrogen) atoms. The van der Waals surface area contributed by atoms with E-state index in [0.29, 0.717) is 5.56 Å². The highest BCUT2D eigenvalue weighted by Gasteiger charge is 2.34. The summed E-state index contributed by atoms with van der Waals surface area (Å²) < 4.78 is 6.14. The summed E-state index contributed by atoms with van der Waals surface area (Å²) in [6.07, 6.45) is 0.737. The third-order valence-electron chi connectivity index (χ3n) is 5.30. The number of benzene rings is 3. The van der Waals surface area contributed by atoms with Crippen LogP contribution in [0, 0.1) is 6.92 Å². The number of fused-ring (bicyclic) bond motifs is 1. The van der Waals surface area contributed by atoms with Gasteiger partial charge in [0.05, 0.1) is 6.04 Å². The first-order valence-electron chi connectivity index (χ1n) is 10.3. The largest absolute Gasteiger partial charge is 0.487 e. The SMILES string of the molecule is Cc1ccc2c(c1)OC(C)(C)C[C@H]2NC(=O)c1ccc(CSc2ccccc2)cc1. The molecular weight excluding hydrogens is 390 g/mol. The van der Waals surface area contributed by atoms with Crippen LogP contribution < -0.4 is 10.1 Å². The highest BCUT2D eigenvalue weighted by Crippen LogP contribution is 2.40. The topological polar surface area (TPSA) is 38.3 Å². The third-order valence-corrected chi connectivity index (χ3v) is 6.38. The average Bonchev–Trinajstić information content (AvgIpc) is 2.72. The molecule has 1 amide bonds. The molecule has 0 aromatic heterocycles. The molecule has 1 heterocycles. The van der Waals surface area contributed by atoms with E-state index < -0.39 is 0 Å².